The molecule has 0 atom stereocenters. The molecule has 0 unspecified atom stereocenters. The lowest BCUT2D eigenvalue weighted by atomic mass is 10.3. The zero-order valence-corrected chi connectivity index (χ0v) is 10.0. The molecule has 8 heteroatoms. The summed E-state index contributed by atoms with van der Waals surface area (Å²) in [6.07, 6.45) is 1.32. The summed E-state index contributed by atoms with van der Waals surface area (Å²) < 4.78 is 0. The molecule has 0 aliphatic carbocycles. The molecule has 100 valence electrons. The van der Waals surface area contributed by atoms with Crippen molar-refractivity contribution in [2.45, 2.75) is 6.92 Å². The first-order chi connectivity index (χ1) is 8.58. The maximum absolute atomic E-state index is 11.3. The monoisotopic (exact) mass is 256 g/mol. The predicted octanol–water partition coefficient (Wildman–Crippen LogP) is -2.01. The molecule has 0 saturated heterocycles. The zero-order chi connectivity index (χ0) is 13.5. The molecule has 0 spiro atoms. The molecule has 0 amide bonds. The van der Waals surface area contributed by atoms with Gasteiger partial charge in [-0.2, -0.15) is 5.10 Å². The van der Waals surface area contributed by atoms with E-state index in [9.17, 15) is 9.59 Å². The van der Waals surface area contributed by atoms with Gasteiger partial charge in [0.15, 0.2) is 0 Å². The summed E-state index contributed by atoms with van der Waals surface area (Å²) in [6, 6.07) is 0. The number of aromatic nitrogens is 2. The molecule has 0 fully saturated rings. The Bertz CT molecular complexity index is 513. The Hall–Kier alpha value is -1.93. The van der Waals surface area contributed by atoms with Gasteiger partial charge in [0.25, 0.3) is 5.56 Å². The van der Waals surface area contributed by atoms with Gasteiger partial charge in [-0.1, -0.05) is 0 Å². The van der Waals surface area contributed by atoms with E-state index in [2.05, 4.69) is 15.1 Å². The molecule has 0 bridgehead atoms. The predicted molar refractivity (Wildman–Crippen MR) is 65.8 cm³/mol. The third-order valence-corrected chi connectivity index (χ3v) is 2.29. The summed E-state index contributed by atoms with van der Waals surface area (Å²) in [7, 11) is 0. The smallest absolute Gasteiger partial charge is 0.326 e. The topological polar surface area (TPSA) is 122 Å². The van der Waals surface area contributed by atoms with E-state index in [0.29, 0.717) is 11.3 Å². The Kier molecular flexibility index (Phi) is 5.28. The van der Waals surface area contributed by atoms with E-state index in [1.54, 1.807) is 6.92 Å². The zero-order valence-electron chi connectivity index (χ0n) is 10.0. The van der Waals surface area contributed by atoms with Gasteiger partial charge in [0, 0.05) is 5.56 Å². The van der Waals surface area contributed by atoms with Crippen molar-refractivity contribution in [2.75, 3.05) is 26.3 Å². The fourth-order valence-electron chi connectivity index (χ4n) is 1.29. The number of aromatic amines is 2. The maximum atomic E-state index is 11.3. The van der Waals surface area contributed by atoms with Gasteiger partial charge in [-0.05, 0) is 6.92 Å². The largest absolute Gasteiger partial charge is 0.394 e. The first kappa shape index (κ1) is 14.1. The van der Waals surface area contributed by atoms with Gasteiger partial charge in [0.2, 0.25) is 0 Å². The van der Waals surface area contributed by atoms with Crippen LogP contribution in [0.3, 0.4) is 0 Å². The van der Waals surface area contributed by atoms with E-state index in [0.717, 1.165) is 0 Å². The number of rotatable bonds is 6. The summed E-state index contributed by atoms with van der Waals surface area (Å²) >= 11 is 0. The van der Waals surface area contributed by atoms with Crippen molar-refractivity contribution in [3.05, 3.63) is 32.1 Å². The minimum atomic E-state index is -0.608. The van der Waals surface area contributed by atoms with Crippen molar-refractivity contribution >= 4 is 6.21 Å². The fraction of sp³-hybridized carbons (Fsp3) is 0.500. The van der Waals surface area contributed by atoms with Crippen LogP contribution in [0.2, 0.25) is 0 Å². The number of aliphatic hydroxyl groups excluding tert-OH is 2. The lowest BCUT2D eigenvalue weighted by Crippen LogP contribution is -2.28. The van der Waals surface area contributed by atoms with Gasteiger partial charge < -0.3 is 15.2 Å². The maximum Gasteiger partial charge on any atom is 0.326 e. The van der Waals surface area contributed by atoms with Gasteiger partial charge in [-0.15, -0.1) is 0 Å². The third kappa shape index (κ3) is 3.82. The van der Waals surface area contributed by atoms with Crippen LogP contribution in [0.5, 0.6) is 0 Å². The van der Waals surface area contributed by atoms with Crippen molar-refractivity contribution in [3.63, 3.8) is 0 Å². The van der Waals surface area contributed by atoms with Gasteiger partial charge in [-0.3, -0.25) is 14.8 Å². The van der Waals surface area contributed by atoms with Crippen molar-refractivity contribution in [3.8, 4) is 0 Å². The van der Waals surface area contributed by atoms with Crippen LogP contribution in [0, 0.1) is 6.92 Å². The number of nitrogens with one attached hydrogen (secondary N) is 2. The number of H-pyrrole nitrogens is 2. The standard InChI is InChI=1S/C10H16N4O4/c1-7-8(12-10(18)13-9(7)17)6-11-14(2-4-15)3-5-16/h6,15-16H,2-5H2,1H3,(H2,12,13,17,18)/b11-6+. The number of hydrazone groups is 1. The van der Waals surface area contributed by atoms with E-state index in [4.69, 9.17) is 10.2 Å². The van der Waals surface area contributed by atoms with E-state index in [-0.39, 0.29) is 26.3 Å². The minimum Gasteiger partial charge on any atom is -0.394 e. The molecule has 0 aliphatic heterocycles. The van der Waals surface area contributed by atoms with Crippen molar-refractivity contribution in [1.29, 1.82) is 0 Å². The molecule has 1 rings (SSSR count). The van der Waals surface area contributed by atoms with E-state index in [1.807, 2.05) is 0 Å². The first-order valence-corrected chi connectivity index (χ1v) is 5.42. The number of hydrogen-bond acceptors (Lipinski definition) is 6. The van der Waals surface area contributed by atoms with Crippen molar-refractivity contribution in [2.24, 2.45) is 5.10 Å². The number of hydrogen-bond donors (Lipinski definition) is 4. The Balaban J connectivity index is 2.95. The molecule has 18 heavy (non-hydrogen) atoms. The quantitative estimate of drug-likeness (QED) is 0.346. The molecule has 0 aromatic carbocycles. The SMILES string of the molecule is Cc1c(/C=N/N(CCO)CCO)[nH]c(=O)[nH]c1=O. The highest BCUT2D eigenvalue weighted by Gasteiger charge is 2.03. The Morgan fingerprint density at radius 2 is 1.83 bits per heavy atom. The van der Waals surface area contributed by atoms with Gasteiger partial charge >= 0.3 is 5.69 Å². The Morgan fingerprint density at radius 3 is 2.39 bits per heavy atom. The highest BCUT2D eigenvalue weighted by Crippen LogP contribution is 1.93. The van der Waals surface area contributed by atoms with Crippen LogP contribution in [0.15, 0.2) is 14.7 Å². The van der Waals surface area contributed by atoms with Crippen molar-refractivity contribution < 1.29 is 10.2 Å². The van der Waals surface area contributed by atoms with Gasteiger partial charge in [-0.25, -0.2) is 4.79 Å². The van der Waals surface area contributed by atoms with Crippen LogP contribution in [0.4, 0.5) is 0 Å². The Labute approximate surface area is 103 Å². The van der Waals surface area contributed by atoms with Crippen LogP contribution >= 0.6 is 0 Å². The summed E-state index contributed by atoms with van der Waals surface area (Å²) in [4.78, 5) is 27.0. The molecular formula is C10H16N4O4. The lowest BCUT2D eigenvalue weighted by molar-refractivity contribution is 0.166. The average Bonchev–Trinajstić information content (AvgIpc) is 2.32. The highest BCUT2D eigenvalue weighted by molar-refractivity contribution is 5.78. The van der Waals surface area contributed by atoms with Crippen LogP contribution in [0.25, 0.3) is 0 Å². The normalized spacial score (nSPS) is 11.1. The minimum absolute atomic E-state index is 0.109. The second kappa shape index (κ2) is 6.72. The summed E-state index contributed by atoms with van der Waals surface area (Å²) in [5, 5.41) is 23.0. The van der Waals surface area contributed by atoms with Crippen LogP contribution in [0.1, 0.15) is 11.3 Å². The van der Waals surface area contributed by atoms with Crippen LogP contribution in [-0.2, 0) is 0 Å². The molecule has 1 aromatic heterocycles. The fourth-order valence-corrected chi connectivity index (χ4v) is 1.29. The molecule has 0 aliphatic rings. The molecule has 1 heterocycles. The molecule has 8 nitrogen and oxygen atoms in total. The molecule has 0 radical (unpaired) electrons. The second-order valence-electron chi connectivity index (χ2n) is 3.59. The van der Waals surface area contributed by atoms with E-state index < -0.39 is 11.2 Å². The van der Waals surface area contributed by atoms with Crippen molar-refractivity contribution in [1.82, 2.24) is 15.0 Å². The summed E-state index contributed by atoms with van der Waals surface area (Å²) in [5.74, 6) is 0. The summed E-state index contributed by atoms with van der Waals surface area (Å²) in [6.45, 7) is 1.84. The molecule has 4 N–H and O–H groups in total. The molecule has 0 saturated carbocycles. The second-order valence-corrected chi connectivity index (χ2v) is 3.59. The lowest BCUT2D eigenvalue weighted by Gasteiger charge is -2.15. The third-order valence-electron chi connectivity index (χ3n) is 2.29. The van der Waals surface area contributed by atoms with Gasteiger partial charge in [0.1, 0.15) is 0 Å². The molecular weight excluding hydrogens is 240 g/mol. The summed E-state index contributed by atoms with van der Waals surface area (Å²) in [5.41, 5.74) is -0.449. The van der Waals surface area contributed by atoms with E-state index in [1.165, 1.54) is 11.2 Å². The first-order valence-electron chi connectivity index (χ1n) is 5.42. The van der Waals surface area contributed by atoms with Gasteiger partial charge in [0.05, 0.1) is 38.2 Å². The average molecular weight is 256 g/mol. The van der Waals surface area contributed by atoms with E-state index >= 15 is 0 Å². The van der Waals surface area contributed by atoms with Crippen LogP contribution in [-0.4, -0.2) is 57.7 Å². The Morgan fingerprint density at radius 1 is 1.22 bits per heavy atom. The van der Waals surface area contributed by atoms with Crippen LogP contribution < -0.4 is 11.2 Å². The highest BCUT2D eigenvalue weighted by atomic mass is 16.3. The number of aliphatic hydroxyl groups is 2. The molecule has 1 aromatic rings. The number of nitrogens with zero attached hydrogens (tertiary/aromatic N) is 2.